The fraction of sp³-hybridized carbons (Fsp3) is 0.300. The van der Waals surface area contributed by atoms with E-state index in [0.29, 0.717) is 12.2 Å². The molecule has 1 saturated heterocycles. The first kappa shape index (κ1) is 10.5. The Balaban J connectivity index is 1.99. The number of aromatic nitrogens is 1. The lowest BCUT2D eigenvalue weighted by Crippen LogP contribution is -2.24. The maximum atomic E-state index is 12.8. The maximum Gasteiger partial charge on any atom is 0.229 e. The highest BCUT2D eigenvalue weighted by Crippen LogP contribution is 2.13. The summed E-state index contributed by atoms with van der Waals surface area (Å²) in [4.78, 5) is 26.1. The van der Waals surface area contributed by atoms with Gasteiger partial charge >= 0.3 is 0 Å². The fourth-order valence-electron chi connectivity index (χ4n) is 1.52. The van der Waals surface area contributed by atoms with Crippen molar-refractivity contribution in [2.75, 3.05) is 11.9 Å². The predicted molar refractivity (Wildman–Crippen MR) is 53.9 cm³/mol. The standard InChI is InChI=1S/C10H10FN3O2/c11-7-2-8(5-12-4-7)14-10(16)6-1-9(15)13-3-6/h2,4-6H,1,3H2,(H,13,15)(H,14,16). The Morgan fingerprint density at radius 2 is 2.38 bits per heavy atom. The molecule has 0 aromatic carbocycles. The number of pyridine rings is 1. The Hall–Kier alpha value is -1.98. The quantitative estimate of drug-likeness (QED) is 0.757. The zero-order valence-electron chi connectivity index (χ0n) is 8.37. The number of hydrogen-bond donors (Lipinski definition) is 2. The Kier molecular flexibility index (Phi) is 2.80. The van der Waals surface area contributed by atoms with E-state index in [1.807, 2.05) is 0 Å². The molecule has 2 heterocycles. The van der Waals surface area contributed by atoms with Gasteiger partial charge in [-0.1, -0.05) is 0 Å². The van der Waals surface area contributed by atoms with Crippen molar-refractivity contribution in [3.63, 3.8) is 0 Å². The van der Waals surface area contributed by atoms with Gasteiger partial charge in [-0.2, -0.15) is 0 Å². The predicted octanol–water partition coefficient (Wildman–Crippen LogP) is 0.295. The van der Waals surface area contributed by atoms with Crippen molar-refractivity contribution in [3.8, 4) is 0 Å². The highest BCUT2D eigenvalue weighted by Gasteiger charge is 2.27. The van der Waals surface area contributed by atoms with Gasteiger partial charge in [-0.05, 0) is 0 Å². The first-order chi connectivity index (χ1) is 7.65. The smallest absolute Gasteiger partial charge is 0.229 e. The van der Waals surface area contributed by atoms with Crippen LogP contribution in [0.5, 0.6) is 0 Å². The van der Waals surface area contributed by atoms with Gasteiger partial charge in [0.15, 0.2) is 0 Å². The topological polar surface area (TPSA) is 71.1 Å². The monoisotopic (exact) mass is 223 g/mol. The van der Waals surface area contributed by atoms with E-state index >= 15 is 0 Å². The molecule has 0 bridgehead atoms. The van der Waals surface area contributed by atoms with Gasteiger partial charge in [-0.25, -0.2) is 4.39 Å². The number of nitrogens with one attached hydrogen (secondary N) is 2. The Morgan fingerprint density at radius 1 is 1.56 bits per heavy atom. The first-order valence-corrected chi connectivity index (χ1v) is 4.83. The normalized spacial score (nSPS) is 19.3. The molecule has 1 atom stereocenters. The second kappa shape index (κ2) is 4.26. The molecule has 1 aromatic rings. The first-order valence-electron chi connectivity index (χ1n) is 4.83. The summed E-state index contributed by atoms with van der Waals surface area (Å²) in [6, 6.07) is 1.18. The van der Waals surface area contributed by atoms with Gasteiger partial charge in [0.2, 0.25) is 11.8 Å². The summed E-state index contributed by atoms with van der Waals surface area (Å²) in [5.41, 5.74) is 0.296. The molecule has 5 nitrogen and oxygen atoms in total. The molecular weight excluding hydrogens is 213 g/mol. The van der Waals surface area contributed by atoms with E-state index in [1.54, 1.807) is 0 Å². The molecule has 2 amide bonds. The van der Waals surface area contributed by atoms with Crippen LogP contribution in [0.1, 0.15) is 6.42 Å². The van der Waals surface area contributed by atoms with E-state index in [1.165, 1.54) is 12.3 Å². The van der Waals surface area contributed by atoms with Crippen molar-refractivity contribution in [2.45, 2.75) is 6.42 Å². The largest absolute Gasteiger partial charge is 0.355 e. The molecule has 0 radical (unpaired) electrons. The molecule has 1 fully saturated rings. The van der Waals surface area contributed by atoms with Crippen molar-refractivity contribution < 1.29 is 14.0 Å². The minimum Gasteiger partial charge on any atom is -0.355 e. The maximum absolute atomic E-state index is 12.8. The van der Waals surface area contributed by atoms with E-state index < -0.39 is 11.7 Å². The summed E-state index contributed by atoms with van der Waals surface area (Å²) < 4.78 is 12.8. The Bertz CT molecular complexity index is 436. The third kappa shape index (κ3) is 2.33. The van der Waals surface area contributed by atoms with Gasteiger partial charge in [0.05, 0.1) is 24.0 Å². The van der Waals surface area contributed by atoms with Gasteiger partial charge in [0, 0.05) is 19.0 Å². The van der Waals surface area contributed by atoms with Crippen LogP contribution in [-0.2, 0) is 9.59 Å². The van der Waals surface area contributed by atoms with Gasteiger partial charge in [0.25, 0.3) is 0 Å². The van der Waals surface area contributed by atoms with Gasteiger partial charge in [0.1, 0.15) is 5.82 Å². The van der Waals surface area contributed by atoms with Crippen LogP contribution >= 0.6 is 0 Å². The lowest BCUT2D eigenvalue weighted by Gasteiger charge is -2.08. The van der Waals surface area contributed by atoms with Gasteiger partial charge < -0.3 is 10.6 Å². The van der Waals surface area contributed by atoms with Crippen molar-refractivity contribution in [3.05, 3.63) is 24.3 Å². The average Bonchev–Trinajstić information content (AvgIpc) is 2.65. The molecule has 1 aromatic heterocycles. The summed E-state index contributed by atoms with van der Waals surface area (Å²) in [6.07, 6.45) is 2.58. The molecule has 1 unspecified atom stereocenters. The van der Waals surface area contributed by atoms with Crippen molar-refractivity contribution in [1.82, 2.24) is 10.3 Å². The van der Waals surface area contributed by atoms with Crippen LogP contribution in [0.3, 0.4) is 0 Å². The van der Waals surface area contributed by atoms with Crippen LogP contribution in [0.25, 0.3) is 0 Å². The van der Waals surface area contributed by atoms with E-state index in [9.17, 15) is 14.0 Å². The second-order valence-corrected chi connectivity index (χ2v) is 3.59. The lowest BCUT2D eigenvalue weighted by atomic mass is 10.1. The zero-order valence-corrected chi connectivity index (χ0v) is 8.37. The lowest BCUT2D eigenvalue weighted by molar-refractivity contribution is -0.123. The van der Waals surface area contributed by atoms with E-state index in [0.717, 1.165) is 6.20 Å². The molecular formula is C10H10FN3O2. The fourth-order valence-corrected chi connectivity index (χ4v) is 1.52. The van der Waals surface area contributed by atoms with E-state index in [4.69, 9.17) is 0 Å². The highest BCUT2D eigenvalue weighted by molar-refractivity contribution is 5.97. The van der Waals surface area contributed by atoms with Crippen molar-refractivity contribution in [2.24, 2.45) is 5.92 Å². The third-order valence-electron chi connectivity index (χ3n) is 2.32. The Morgan fingerprint density at radius 3 is 3.00 bits per heavy atom. The number of hydrogen-bond acceptors (Lipinski definition) is 3. The van der Waals surface area contributed by atoms with Crippen LogP contribution in [-0.4, -0.2) is 23.3 Å². The summed E-state index contributed by atoms with van der Waals surface area (Å²) in [7, 11) is 0. The molecule has 84 valence electrons. The van der Waals surface area contributed by atoms with Crippen LogP contribution < -0.4 is 10.6 Å². The minimum absolute atomic E-state index is 0.141. The number of halogens is 1. The van der Waals surface area contributed by atoms with Crippen molar-refractivity contribution >= 4 is 17.5 Å². The molecule has 2 rings (SSSR count). The molecule has 1 aliphatic rings. The van der Waals surface area contributed by atoms with Crippen LogP contribution in [0.2, 0.25) is 0 Å². The average molecular weight is 223 g/mol. The highest BCUT2D eigenvalue weighted by atomic mass is 19.1. The van der Waals surface area contributed by atoms with Crippen LogP contribution in [0.15, 0.2) is 18.5 Å². The number of carbonyl (C=O) groups is 2. The molecule has 0 saturated carbocycles. The number of amides is 2. The second-order valence-electron chi connectivity index (χ2n) is 3.59. The molecule has 0 spiro atoms. The molecule has 6 heteroatoms. The SMILES string of the molecule is O=C1CC(C(=O)Nc2cncc(F)c2)CN1. The van der Waals surface area contributed by atoms with Gasteiger partial charge in [-0.3, -0.25) is 14.6 Å². The van der Waals surface area contributed by atoms with Crippen LogP contribution in [0, 0.1) is 11.7 Å². The summed E-state index contributed by atoms with van der Waals surface area (Å²) in [6.45, 7) is 0.327. The molecule has 0 aliphatic carbocycles. The van der Waals surface area contributed by atoms with Crippen molar-refractivity contribution in [1.29, 1.82) is 0 Å². The third-order valence-corrected chi connectivity index (χ3v) is 2.32. The van der Waals surface area contributed by atoms with E-state index in [2.05, 4.69) is 15.6 Å². The Labute approximate surface area is 91.1 Å². The molecule has 1 aliphatic heterocycles. The summed E-state index contributed by atoms with van der Waals surface area (Å²) >= 11 is 0. The zero-order chi connectivity index (χ0) is 11.5. The summed E-state index contributed by atoms with van der Waals surface area (Å²) in [5, 5.41) is 5.07. The summed E-state index contributed by atoms with van der Waals surface area (Å²) in [5.74, 6) is -1.35. The van der Waals surface area contributed by atoms with Crippen LogP contribution in [0.4, 0.5) is 10.1 Å². The number of carbonyl (C=O) groups excluding carboxylic acids is 2. The molecule has 16 heavy (non-hydrogen) atoms. The van der Waals surface area contributed by atoms with Gasteiger partial charge in [-0.15, -0.1) is 0 Å². The number of nitrogens with zero attached hydrogens (tertiary/aromatic N) is 1. The minimum atomic E-state index is -0.515. The number of anilines is 1. The molecule has 2 N–H and O–H groups in total. The van der Waals surface area contributed by atoms with E-state index in [-0.39, 0.29) is 18.2 Å². The number of rotatable bonds is 2.